The van der Waals surface area contributed by atoms with Crippen molar-refractivity contribution in [2.45, 2.75) is 19.9 Å². The minimum absolute atomic E-state index is 0.530. The van der Waals surface area contributed by atoms with Gasteiger partial charge in [0.1, 0.15) is 5.25 Å². The zero-order valence-electron chi connectivity index (χ0n) is 9.37. The predicted molar refractivity (Wildman–Crippen MR) is 73.2 cm³/mol. The van der Waals surface area contributed by atoms with Gasteiger partial charge in [-0.1, -0.05) is 42.1 Å². The number of aliphatic carboxylic acids is 1. The maximum absolute atomic E-state index is 11.4. The highest BCUT2D eigenvalue weighted by atomic mass is 32.2. The SMILES string of the molecule is O=C(O)C1Sc2ccccc2Sc2ccccc21. The largest absolute Gasteiger partial charge is 0.480 e. The summed E-state index contributed by atoms with van der Waals surface area (Å²) in [6.45, 7) is 0. The summed E-state index contributed by atoms with van der Waals surface area (Å²) in [5.41, 5.74) is 0.885. The molecule has 90 valence electrons. The quantitative estimate of drug-likeness (QED) is 0.850. The van der Waals surface area contributed by atoms with Crippen molar-refractivity contribution in [1.82, 2.24) is 0 Å². The fourth-order valence-electron chi connectivity index (χ4n) is 1.91. The van der Waals surface area contributed by atoms with E-state index in [0.29, 0.717) is 0 Å². The molecule has 1 unspecified atom stereocenters. The summed E-state index contributed by atoms with van der Waals surface area (Å²) in [5, 5.41) is 8.88. The molecule has 3 rings (SSSR count). The lowest BCUT2D eigenvalue weighted by molar-refractivity contribution is -0.136. The molecule has 0 bridgehead atoms. The first kappa shape index (κ1) is 11.7. The summed E-state index contributed by atoms with van der Waals surface area (Å²) in [6, 6.07) is 15.7. The Morgan fingerprint density at radius 3 is 2.28 bits per heavy atom. The van der Waals surface area contributed by atoms with Crippen LogP contribution in [-0.4, -0.2) is 11.1 Å². The van der Waals surface area contributed by atoms with E-state index in [-0.39, 0.29) is 0 Å². The molecule has 1 aliphatic heterocycles. The molecule has 0 aliphatic carbocycles. The van der Waals surface area contributed by atoms with Crippen LogP contribution in [-0.2, 0) is 4.79 Å². The second-order valence-corrected chi connectivity index (χ2v) is 6.15. The van der Waals surface area contributed by atoms with Crippen LogP contribution >= 0.6 is 23.5 Å². The third kappa shape index (κ3) is 2.02. The second kappa shape index (κ2) is 4.71. The molecule has 0 spiro atoms. The molecule has 0 aromatic heterocycles. The molecule has 0 fully saturated rings. The fraction of sp³-hybridized carbons (Fsp3) is 0.0714. The number of benzene rings is 2. The molecule has 1 heterocycles. The molecule has 1 aliphatic rings. The van der Waals surface area contributed by atoms with E-state index in [2.05, 4.69) is 0 Å². The van der Waals surface area contributed by atoms with Gasteiger partial charge in [-0.05, 0) is 23.8 Å². The first-order valence-corrected chi connectivity index (χ1v) is 7.20. The van der Waals surface area contributed by atoms with Gasteiger partial charge in [-0.25, -0.2) is 0 Å². The molecule has 0 saturated carbocycles. The smallest absolute Gasteiger partial charge is 0.321 e. The van der Waals surface area contributed by atoms with Gasteiger partial charge in [0.05, 0.1) is 0 Å². The molecule has 0 saturated heterocycles. The van der Waals surface area contributed by atoms with Gasteiger partial charge in [-0.15, -0.1) is 11.8 Å². The normalized spacial score (nSPS) is 17.4. The van der Waals surface area contributed by atoms with Crippen molar-refractivity contribution in [3.05, 3.63) is 54.1 Å². The highest BCUT2D eigenvalue weighted by Crippen LogP contribution is 2.49. The maximum Gasteiger partial charge on any atom is 0.321 e. The number of rotatable bonds is 1. The third-order valence-corrected chi connectivity index (χ3v) is 5.34. The molecular formula is C14H10O2S2. The van der Waals surface area contributed by atoms with Crippen LogP contribution in [0.4, 0.5) is 0 Å². The summed E-state index contributed by atoms with van der Waals surface area (Å²) in [5.74, 6) is -0.787. The van der Waals surface area contributed by atoms with Gasteiger partial charge in [0, 0.05) is 14.7 Å². The van der Waals surface area contributed by atoms with Crippen LogP contribution in [0.25, 0.3) is 0 Å². The van der Waals surface area contributed by atoms with Gasteiger partial charge >= 0.3 is 5.97 Å². The van der Waals surface area contributed by atoms with Crippen molar-refractivity contribution >= 4 is 29.5 Å². The summed E-state index contributed by atoms with van der Waals surface area (Å²) in [6.07, 6.45) is 0. The minimum Gasteiger partial charge on any atom is -0.480 e. The topological polar surface area (TPSA) is 37.3 Å². The number of fused-ring (bicyclic) bond motifs is 2. The molecule has 0 radical (unpaired) electrons. The van der Waals surface area contributed by atoms with Gasteiger partial charge in [0.2, 0.25) is 0 Å². The van der Waals surface area contributed by atoms with Gasteiger partial charge in [-0.2, -0.15) is 0 Å². The van der Waals surface area contributed by atoms with Crippen molar-refractivity contribution < 1.29 is 9.90 Å². The van der Waals surface area contributed by atoms with Crippen LogP contribution in [0, 0.1) is 0 Å². The van der Waals surface area contributed by atoms with Crippen LogP contribution in [0.1, 0.15) is 10.8 Å². The number of carbonyl (C=O) groups is 1. The van der Waals surface area contributed by atoms with Crippen LogP contribution < -0.4 is 0 Å². The second-order valence-electron chi connectivity index (χ2n) is 3.92. The van der Waals surface area contributed by atoms with E-state index >= 15 is 0 Å². The highest BCUT2D eigenvalue weighted by molar-refractivity contribution is 8.03. The van der Waals surface area contributed by atoms with E-state index in [9.17, 15) is 9.90 Å². The Morgan fingerprint density at radius 1 is 0.944 bits per heavy atom. The Morgan fingerprint density at radius 2 is 1.56 bits per heavy atom. The average molecular weight is 274 g/mol. The standard InChI is InChI=1S/C14H10O2S2/c15-14(16)13-9-5-1-2-6-10(9)17-11-7-3-4-8-12(11)18-13/h1-8,13H,(H,15,16). The van der Waals surface area contributed by atoms with Crippen LogP contribution in [0.2, 0.25) is 0 Å². The summed E-state index contributed by atoms with van der Waals surface area (Å²) in [4.78, 5) is 14.6. The molecule has 1 atom stereocenters. The molecule has 2 aromatic carbocycles. The van der Waals surface area contributed by atoms with E-state index in [1.807, 2.05) is 48.5 Å². The zero-order chi connectivity index (χ0) is 12.5. The highest BCUT2D eigenvalue weighted by Gasteiger charge is 2.28. The maximum atomic E-state index is 11.4. The van der Waals surface area contributed by atoms with Crippen molar-refractivity contribution in [2.24, 2.45) is 0 Å². The van der Waals surface area contributed by atoms with E-state index < -0.39 is 11.2 Å². The zero-order valence-corrected chi connectivity index (χ0v) is 11.0. The van der Waals surface area contributed by atoms with Gasteiger partial charge in [-0.3, -0.25) is 4.79 Å². The monoisotopic (exact) mass is 274 g/mol. The van der Waals surface area contributed by atoms with Crippen molar-refractivity contribution in [3.63, 3.8) is 0 Å². The summed E-state index contributed by atoms with van der Waals surface area (Å²) in [7, 11) is 0. The predicted octanol–water partition coefficient (Wildman–Crippen LogP) is 4.07. The molecule has 4 heteroatoms. The number of carboxylic acid groups (broad SMARTS) is 1. The van der Waals surface area contributed by atoms with Crippen molar-refractivity contribution in [3.8, 4) is 0 Å². The van der Waals surface area contributed by atoms with E-state index in [1.54, 1.807) is 11.8 Å². The Labute approximate surface area is 113 Å². The number of hydrogen-bond donors (Lipinski definition) is 1. The molecule has 2 nitrogen and oxygen atoms in total. The first-order chi connectivity index (χ1) is 8.75. The van der Waals surface area contributed by atoms with E-state index in [1.165, 1.54) is 11.8 Å². The van der Waals surface area contributed by atoms with Crippen LogP contribution in [0.15, 0.2) is 63.2 Å². The summed E-state index contributed by atoms with van der Waals surface area (Å²) >= 11 is 3.05. The fourth-order valence-corrected chi connectivity index (χ4v) is 4.29. The average Bonchev–Trinajstić information content (AvgIpc) is 2.55. The van der Waals surface area contributed by atoms with Gasteiger partial charge in [0.15, 0.2) is 0 Å². The lowest BCUT2D eigenvalue weighted by atomic mass is 10.1. The number of carboxylic acids is 1. The molecule has 2 aromatic rings. The van der Waals surface area contributed by atoms with Crippen LogP contribution in [0.5, 0.6) is 0 Å². The minimum atomic E-state index is -0.787. The summed E-state index contributed by atoms with van der Waals surface area (Å²) < 4.78 is 0. The van der Waals surface area contributed by atoms with E-state index in [4.69, 9.17) is 0 Å². The van der Waals surface area contributed by atoms with Crippen molar-refractivity contribution in [2.75, 3.05) is 0 Å². The Bertz CT molecular complexity index is 610. The lowest BCUT2D eigenvalue weighted by Crippen LogP contribution is -2.07. The molecule has 0 amide bonds. The number of hydrogen-bond acceptors (Lipinski definition) is 3. The van der Waals surface area contributed by atoms with Gasteiger partial charge in [0.25, 0.3) is 0 Å². The third-order valence-electron chi connectivity index (χ3n) is 2.74. The first-order valence-electron chi connectivity index (χ1n) is 5.51. The molecule has 18 heavy (non-hydrogen) atoms. The Kier molecular flexibility index (Phi) is 3.06. The van der Waals surface area contributed by atoms with Gasteiger partial charge < -0.3 is 5.11 Å². The van der Waals surface area contributed by atoms with Crippen molar-refractivity contribution in [1.29, 1.82) is 0 Å². The van der Waals surface area contributed by atoms with Crippen LogP contribution in [0.3, 0.4) is 0 Å². The Balaban J connectivity index is 2.17. The Hall–Kier alpha value is -1.39. The number of thioether (sulfide) groups is 1. The van der Waals surface area contributed by atoms with E-state index in [0.717, 1.165) is 20.2 Å². The molecule has 1 N–H and O–H groups in total. The molecular weight excluding hydrogens is 264 g/mol. The lowest BCUT2D eigenvalue weighted by Gasteiger charge is -2.11.